The normalized spacial score (nSPS) is 15.4. The lowest BCUT2D eigenvalue weighted by Gasteiger charge is -2.30. The molecule has 4 nitrogen and oxygen atoms in total. The second kappa shape index (κ2) is 6.88. The molecule has 0 saturated carbocycles. The predicted octanol–water partition coefficient (Wildman–Crippen LogP) is 2.51. The van der Waals surface area contributed by atoms with Crippen LogP contribution in [0.25, 0.3) is 0 Å². The molecule has 2 amide bonds. The van der Waals surface area contributed by atoms with Gasteiger partial charge in [-0.15, -0.1) is 0 Å². The Morgan fingerprint density at radius 3 is 3.05 bits per heavy atom. The van der Waals surface area contributed by atoms with Crippen molar-refractivity contribution < 1.29 is 9.53 Å². The largest absolute Gasteiger partial charge is 0.496 e. The van der Waals surface area contributed by atoms with Crippen molar-refractivity contribution in [3.05, 3.63) is 29.3 Å². The van der Waals surface area contributed by atoms with Crippen molar-refractivity contribution in [1.82, 2.24) is 10.2 Å². The van der Waals surface area contributed by atoms with E-state index in [9.17, 15) is 4.79 Å². The third-order valence-corrected chi connectivity index (χ3v) is 4.35. The predicted molar refractivity (Wildman–Crippen MR) is 83.5 cm³/mol. The van der Waals surface area contributed by atoms with Gasteiger partial charge in [0.15, 0.2) is 0 Å². The summed E-state index contributed by atoms with van der Waals surface area (Å²) in [6.45, 7) is 3.44. The molecule has 0 bridgehead atoms. The van der Waals surface area contributed by atoms with Crippen molar-refractivity contribution in [2.24, 2.45) is 0 Å². The molecule has 1 aromatic carbocycles. The molecule has 0 aliphatic carbocycles. The Kier molecular flexibility index (Phi) is 5.17. The molecule has 0 saturated heterocycles. The van der Waals surface area contributed by atoms with Crippen molar-refractivity contribution in [2.75, 3.05) is 25.7 Å². The smallest absolute Gasteiger partial charge is 0.317 e. The van der Waals surface area contributed by atoms with Gasteiger partial charge in [0.25, 0.3) is 0 Å². The van der Waals surface area contributed by atoms with E-state index in [1.807, 2.05) is 30.2 Å². The van der Waals surface area contributed by atoms with E-state index in [1.165, 1.54) is 11.1 Å². The number of methoxy groups -OCH3 is 1. The SMILES string of the molecule is COc1cccc2c1CCN(C(=O)N[C@@H](C)CSC)C2. The van der Waals surface area contributed by atoms with Crippen LogP contribution in [-0.4, -0.2) is 42.6 Å². The topological polar surface area (TPSA) is 41.6 Å². The number of ether oxygens (including phenoxy) is 1. The maximum absolute atomic E-state index is 12.2. The lowest BCUT2D eigenvalue weighted by molar-refractivity contribution is 0.189. The summed E-state index contributed by atoms with van der Waals surface area (Å²) in [4.78, 5) is 14.1. The first-order valence-corrected chi connectivity index (χ1v) is 8.24. The molecule has 0 spiro atoms. The van der Waals surface area contributed by atoms with Gasteiger partial charge in [0, 0.05) is 30.4 Å². The molecule has 1 heterocycles. The average molecular weight is 294 g/mol. The zero-order valence-corrected chi connectivity index (χ0v) is 13.1. The van der Waals surface area contributed by atoms with Crippen LogP contribution in [0.3, 0.4) is 0 Å². The van der Waals surface area contributed by atoms with Gasteiger partial charge in [-0.25, -0.2) is 4.79 Å². The summed E-state index contributed by atoms with van der Waals surface area (Å²) >= 11 is 1.74. The molecule has 2 rings (SSSR count). The highest BCUT2D eigenvalue weighted by molar-refractivity contribution is 7.98. The van der Waals surface area contributed by atoms with Crippen LogP contribution < -0.4 is 10.1 Å². The Bertz CT molecular complexity index is 479. The molecule has 110 valence electrons. The van der Waals surface area contributed by atoms with Crippen molar-refractivity contribution >= 4 is 17.8 Å². The summed E-state index contributed by atoms with van der Waals surface area (Å²) in [5, 5.41) is 3.04. The molecular weight excluding hydrogens is 272 g/mol. The van der Waals surface area contributed by atoms with Gasteiger partial charge in [0.2, 0.25) is 0 Å². The van der Waals surface area contributed by atoms with Gasteiger partial charge >= 0.3 is 6.03 Å². The van der Waals surface area contributed by atoms with Crippen LogP contribution in [0.1, 0.15) is 18.1 Å². The number of thioether (sulfide) groups is 1. The third kappa shape index (κ3) is 3.39. The second-order valence-electron chi connectivity index (χ2n) is 5.08. The Balaban J connectivity index is 2.02. The number of carbonyl (C=O) groups is 1. The Morgan fingerprint density at radius 2 is 2.35 bits per heavy atom. The minimum Gasteiger partial charge on any atom is -0.496 e. The summed E-state index contributed by atoms with van der Waals surface area (Å²) < 4.78 is 5.38. The molecule has 1 aliphatic rings. The van der Waals surface area contributed by atoms with Gasteiger partial charge < -0.3 is 15.0 Å². The van der Waals surface area contributed by atoms with E-state index in [2.05, 4.69) is 11.4 Å². The van der Waals surface area contributed by atoms with Gasteiger partial charge in [-0.1, -0.05) is 12.1 Å². The van der Waals surface area contributed by atoms with E-state index in [0.29, 0.717) is 6.54 Å². The van der Waals surface area contributed by atoms with E-state index in [1.54, 1.807) is 18.9 Å². The molecule has 0 radical (unpaired) electrons. The van der Waals surface area contributed by atoms with Gasteiger partial charge in [-0.05, 0) is 31.2 Å². The quantitative estimate of drug-likeness (QED) is 0.928. The van der Waals surface area contributed by atoms with Crippen molar-refractivity contribution in [1.29, 1.82) is 0 Å². The van der Waals surface area contributed by atoms with Gasteiger partial charge in [-0.2, -0.15) is 11.8 Å². The molecular formula is C15H22N2O2S. The minimum absolute atomic E-state index is 0.0278. The number of carbonyl (C=O) groups excluding carboxylic acids is 1. The summed E-state index contributed by atoms with van der Waals surface area (Å²) in [5.41, 5.74) is 2.42. The van der Waals surface area contributed by atoms with E-state index < -0.39 is 0 Å². The first-order valence-electron chi connectivity index (χ1n) is 6.84. The fourth-order valence-corrected chi connectivity index (χ4v) is 3.12. The molecule has 20 heavy (non-hydrogen) atoms. The molecule has 1 N–H and O–H groups in total. The van der Waals surface area contributed by atoms with E-state index in [0.717, 1.165) is 24.5 Å². The van der Waals surface area contributed by atoms with E-state index in [4.69, 9.17) is 4.74 Å². The van der Waals surface area contributed by atoms with Crippen molar-refractivity contribution in [3.63, 3.8) is 0 Å². The second-order valence-corrected chi connectivity index (χ2v) is 5.99. The highest BCUT2D eigenvalue weighted by atomic mass is 32.2. The molecule has 1 aromatic rings. The monoisotopic (exact) mass is 294 g/mol. The number of hydrogen-bond acceptors (Lipinski definition) is 3. The number of fused-ring (bicyclic) bond motifs is 1. The number of rotatable bonds is 4. The number of nitrogens with zero attached hydrogens (tertiary/aromatic N) is 1. The summed E-state index contributed by atoms with van der Waals surface area (Å²) in [5.74, 6) is 1.86. The summed E-state index contributed by atoms with van der Waals surface area (Å²) in [6, 6.07) is 6.26. The Morgan fingerprint density at radius 1 is 1.55 bits per heavy atom. The Labute approximate surface area is 124 Å². The number of hydrogen-bond donors (Lipinski definition) is 1. The van der Waals surface area contributed by atoms with Crippen LogP contribution >= 0.6 is 11.8 Å². The molecule has 1 aliphatic heterocycles. The number of nitrogens with one attached hydrogen (secondary N) is 1. The average Bonchev–Trinajstić information content (AvgIpc) is 2.46. The maximum Gasteiger partial charge on any atom is 0.317 e. The molecule has 1 atom stereocenters. The van der Waals surface area contributed by atoms with Gasteiger partial charge in [-0.3, -0.25) is 0 Å². The van der Waals surface area contributed by atoms with Crippen LogP contribution in [0.4, 0.5) is 4.79 Å². The lowest BCUT2D eigenvalue weighted by Crippen LogP contribution is -2.46. The van der Waals surface area contributed by atoms with Gasteiger partial charge in [0.1, 0.15) is 5.75 Å². The fourth-order valence-electron chi connectivity index (χ4n) is 2.53. The zero-order chi connectivity index (χ0) is 14.5. The maximum atomic E-state index is 12.2. The zero-order valence-electron chi connectivity index (χ0n) is 12.3. The van der Waals surface area contributed by atoms with Crippen molar-refractivity contribution in [2.45, 2.75) is 25.9 Å². The lowest BCUT2D eigenvalue weighted by atomic mass is 9.99. The highest BCUT2D eigenvalue weighted by Crippen LogP contribution is 2.27. The third-order valence-electron chi connectivity index (χ3n) is 3.52. The number of benzene rings is 1. The molecule has 0 unspecified atom stereocenters. The number of urea groups is 1. The van der Waals surface area contributed by atoms with Crippen LogP contribution in [0.15, 0.2) is 18.2 Å². The standard InChI is InChI=1S/C15H22N2O2S/c1-11(10-20-3)16-15(18)17-8-7-13-12(9-17)5-4-6-14(13)19-2/h4-6,11H,7-10H2,1-3H3,(H,16,18)/t11-/m0/s1. The van der Waals surface area contributed by atoms with Crippen LogP contribution in [0.2, 0.25) is 0 Å². The first-order chi connectivity index (χ1) is 9.65. The highest BCUT2D eigenvalue weighted by Gasteiger charge is 2.23. The van der Waals surface area contributed by atoms with E-state index >= 15 is 0 Å². The van der Waals surface area contributed by atoms with E-state index in [-0.39, 0.29) is 12.1 Å². The van der Waals surface area contributed by atoms with Crippen LogP contribution in [0, 0.1) is 0 Å². The Hall–Kier alpha value is -1.36. The minimum atomic E-state index is 0.0278. The fraction of sp³-hybridized carbons (Fsp3) is 0.533. The number of amides is 2. The van der Waals surface area contributed by atoms with Crippen LogP contribution in [-0.2, 0) is 13.0 Å². The first kappa shape index (κ1) is 15.0. The van der Waals surface area contributed by atoms with Crippen LogP contribution in [0.5, 0.6) is 5.75 Å². The molecule has 0 fully saturated rings. The summed E-state index contributed by atoms with van der Waals surface area (Å²) in [7, 11) is 1.69. The van der Waals surface area contributed by atoms with Gasteiger partial charge in [0.05, 0.1) is 7.11 Å². The molecule has 0 aromatic heterocycles. The molecule has 5 heteroatoms. The summed E-state index contributed by atoms with van der Waals surface area (Å²) in [6.07, 6.45) is 2.90. The van der Waals surface area contributed by atoms with Crippen molar-refractivity contribution in [3.8, 4) is 5.75 Å².